The van der Waals surface area contributed by atoms with Crippen molar-refractivity contribution in [2.45, 2.75) is 55.8 Å². The Morgan fingerprint density at radius 3 is 1.26 bits per heavy atom. The number of ether oxygens (including phenoxy) is 4. The van der Waals surface area contributed by atoms with E-state index in [9.17, 15) is 9.59 Å². The summed E-state index contributed by atoms with van der Waals surface area (Å²) in [5.74, 6) is -4.94. The van der Waals surface area contributed by atoms with Crippen molar-refractivity contribution in [1.29, 1.82) is 0 Å². The summed E-state index contributed by atoms with van der Waals surface area (Å²) in [5, 5.41) is -0.0332. The van der Waals surface area contributed by atoms with Crippen molar-refractivity contribution >= 4 is 163 Å². The lowest BCUT2D eigenvalue weighted by Crippen LogP contribution is -2.46. The number of carbonyl (C=O) groups excluding carboxylic acids is 6. The van der Waals surface area contributed by atoms with Gasteiger partial charge < -0.3 is 23.8 Å². The van der Waals surface area contributed by atoms with Gasteiger partial charge in [0.15, 0.2) is 10.1 Å². The van der Waals surface area contributed by atoms with E-state index in [0.29, 0.717) is 57.4 Å². The second kappa shape index (κ2) is 21.6. The van der Waals surface area contributed by atoms with E-state index in [2.05, 4.69) is 12.6 Å². The zero-order valence-corrected chi connectivity index (χ0v) is 46.6. The third-order valence-corrected chi connectivity index (χ3v) is 20.0. The Morgan fingerprint density at radius 1 is 0.545 bits per heavy atom. The zero-order valence-electron chi connectivity index (χ0n) is 40.8. The third-order valence-electron chi connectivity index (χ3n) is 13.2. The van der Waals surface area contributed by atoms with Crippen LogP contribution in [-0.4, -0.2) is 77.7 Å². The summed E-state index contributed by atoms with van der Waals surface area (Å²) >= 11 is 15.9. The van der Waals surface area contributed by atoms with Crippen LogP contribution in [0.15, 0.2) is 143 Å². The predicted octanol–water partition coefficient (Wildman–Crippen LogP) is 10.8. The molecule has 0 N–H and O–H groups in total. The highest BCUT2D eigenvalue weighted by atomic mass is 32.2. The van der Waals surface area contributed by atoms with E-state index in [0.717, 1.165) is 34.9 Å². The molecule has 14 nitrogen and oxygen atoms in total. The molecule has 4 aromatic carbocycles. The molecular weight excluding hydrogens is 1110 g/mol. The van der Waals surface area contributed by atoms with E-state index in [1.54, 1.807) is 116 Å². The van der Waals surface area contributed by atoms with Crippen LogP contribution in [0.5, 0.6) is 0 Å². The molecule has 0 spiro atoms. The summed E-state index contributed by atoms with van der Waals surface area (Å²) in [6, 6.07) is 35.9. The Hall–Kier alpha value is -6.72. The van der Waals surface area contributed by atoms with Crippen LogP contribution in [-0.2, 0) is 85.0 Å². The molecule has 77 heavy (non-hydrogen) atoms. The number of amides is 2. The van der Waals surface area contributed by atoms with Crippen LogP contribution in [0.2, 0.25) is 0 Å². The van der Waals surface area contributed by atoms with Gasteiger partial charge in [0.25, 0.3) is 11.8 Å². The molecule has 1 atom stereocenters. The van der Waals surface area contributed by atoms with Crippen molar-refractivity contribution in [2.75, 3.05) is 13.1 Å². The fourth-order valence-electron chi connectivity index (χ4n) is 9.40. The number of benzene rings is 4. The molecule has 11 rings (SSSR count). The molecular formula is C56H42N4O10S7. The van der Waals surface area contributed by atoms with E-state index in [-0.39, 0.29) is 69.9 Å². The standard InChI is InChI=1S/C56H42N4O10S7/c1-3-59-47(61)45(76-53(59)71)57-37-25-35-39(55(37,49(63)67-27-31-17-9-5-10-18-31)50(64)68-28-32-19-11-6-12-20-32)41-43(73-35)44-42(75-41)40-36(74-44)26-38(58-46-48(62)60(4-2)54(72)77-46)56(40,51(65)69-29-33-21-13-7-14-22-33)52(66)70-30-34-23-15-8-16-24-34/h5-26,53,71H,3-4,27-30H2,1-2H3/b57-45-,58-46-. The van der Waals surface area contributed by atoms with Gasteiger partial charge in [-0.3, -0.25) is 33.7 Å². The summed E-state index contributed by atoms with van der Waals surface area (Å²) in [4.78, 5) is 103. The predicted molar refractivity (Wildman–Crippen MR) is 310 cm³/mol. The summed E-state index contributed by atoms with van der Waals surface area (Å²) in [6.45, 7) is 3.29. The minimum absolute atomic E-state index is 0.0142. The Morgan fingerprint density at radius 2 is 0.922 bits per heavy atom. The van der Waals surface area contributed by atoms with Gasteiger partial charge in [0.2, 0.25) is 10.8 Å². The van der Waals surface area contributed by atoms with Crippen LogP contribution in [0.1, 0.15) is 57.0 Å². The second-order valence-electron chi connectivity index (χ2n) is 17.7. The monoisotopic (exact) mass is 1150 g/mol. The molecule has 3 aromatic heterocycles. The molecule has 388 valence electrons. The third kappa shape index (κ3) is 9.14. The van der Waals surface area contributed by atoms with Crippen LogP contribution in [0, 0.1) is 0 Å². The van der Waals surface area contributed by atoms with Crippen LogP contribution in [0.4, 0.5) is 0 Å². The number of fused-ring (bicyclic) bond motifs is 7. The summed E-state index contributed by atoms with van der Waals surface area (Å²) in [6.07, 6.45) is 3.23. The molecule has 2 aliphatic carbocycles. The molecule has 2 amide bonds. The fraction of sp³-hybridized carbons (Fsp3) is 0.196. The highest BCUT2D eigenvalue weighted by Gasteiger charge is 2.63. The molecule has 7 aromatic rings. The molecule has 0 radical (unpaired) electrons. The lowest BCUT2D eigenvalue weighted by molar-refractivity contribution is -0.166. The van der Waals surface area contributed by atoms with Crippen molar-refractivity contribution in [3.05, 3.63) is 176 Å². The van der Waals surface area contributed by atoms with E-state index in [1.807, 2.05) is 31.2 Å². The van der Waals surface area contributed by atoms with Crippen LogP contribution < -0.4 is 0 Å². The number of thiol groups is 1. The first kappa shape index (κ1) is 52.3. The number of thiocarbonyl (C=S) groups is 1. The quantitative estimate of drug-likeness (QED) is 0.0319. The normalized spacial score (nSPS) is 18.3. The first-order valence-corrected chi connectivity index (χ1v) is 29.1. The van der Waals surface area contributed by atoms with Gasteiger partial charge >= 0.3 is 23.9 Å². The maximum absolute atomic E-state index is 15.5. The topological polar surface area (TPSA) is 171 Å². The molecule has 0 bridgehead atoms. The molecule has 2 fully saturated rings. The van der Waals surface area contributed by atoms with Gasteiger partial charge in [0, 0.05) is 34.0 Å². The molecule has 1 unspecified atom stereocenters. The first-order valence-electron chi connectivity index (χ1n) is 24.1. The average molecular weight is 1160 g/mol. The van der Waals surface area contributed by atoms with Gasteiger partial charge in [0.05, 0.1) is 30.2 Å². The number of esters is 4. The van der Waals surface area contributed by atoms with E-state index < -0.39 is 51.2 Å². The Kier molecular flexibility index (Phi) is 14.7. The van der Waals surface area contributed by atoms with Crippen molar-refractivity contribution in [2.24, 2.45) is 9.98 Å². The molecule has 0 saturated carbocycles. The second-order valence-corrected chi connectivity index (χ2v) is 24.3. The van der Waals surface area contributed by atoms with Gasteiger partial charge in [-0.1, -0.05) is 145 Å². The Bertz CT molecular complexity index is 3590. The summed E-state index contributed by atoms with van der Waals surface area (Å²) in [5.41, 5.74) is -2.05. The maximum Gasteiger partial charge on any atom is 0.334 e. The minimum atomic E-state index is -2.42. The van der Waals surface area contributed by atoms with Gasteiger partial charge in [-0.2, -0.15) is 0 Å². The minimum Gasteiger partial charge on any atom is -0.459 e. The molecule has 5 heterocycles. The smallest absolute Gasteiger partial charge is 0.334 e. The van der Waals surface area contributed by atoms with Gasteiger partial charge in [-0.05, 0) is 60.0 Å². The maximum atomic E-state index is 15.5. The first-order chi connectivity index (χ1) is 37.4. The molecule has 2 aliphatic heterocycles. The highest BCUT2D eigenvalue weighted by Crippen LogP contribution is 2.61. The van der Waals surface area contributed by atoms with E-state index in [4.69, 9.17) is 41.2 Å². The number of nitrogens with zero attached hydrogens (tertiary/aromatic N) is 4. The summed E-state index contributed by atoms with van der Waals surface area (Å²) in [7, 11) is 0. The number of thiophene rings is 3. The zero-order chi connectivity index (χ0) is 53.6. The lowest BCUT2D eigenvalue weighted by atomic mass is 9.80. The highest BCUT2D eigenvalue weighted by molar-refractivity contribution is 8.35. The average Bonchev–Trinajstić information content (AvgIpc) is 4.37. The number of rotatable bonds is 16. The number of thioether (sulfide) groups is 2. The largest absolute Gasteiger partial charge is 0.459 e. The molecule has 2 saturated heterocycles. The number of aliphatic imine (C=N–C) groups is 2. The van der Waals surface area contributed by atoms with Crippen molar-refractivity contribution in [3.8, 4) is 0 Å². The van der Waals surface area contributed by atoms with Crippen molar-refractivity contribution in [1.82, 2.24) is 9.80 Å². The number of hydrogen-bond donors (Lipinski definition) is 1. The lowest BCUT2D eigenvalue weighted by Gasteiger charge is -2.28. The van der Waals surface area contributed by atoms with Gasteiger partial charge in [-0.25, -0.2) is 9.98 Å². The Balaban J connectivity index is 1.13. The molecule has 4 aliphatic rings. The Labute approximate surface area is 472 Å². The number of hydrogen-bond acceptors (Lipinski definition) is 19. The van der Waals surface area contributed by atoms with Crippen LogP contribution >= 0.6 is 82.4 Å². The number of carbonyl (C=O) groups is 6. The SMILES string of the molecule is CCN1C(=O)/C(=N/C2=Cc3sc4c(sc5c6c(sc54)C=C(/N=C4\SC(S)N(CC)C4=O)C6(C(=O)OCc4ccccc4)C(=O)OCc4ccccc4)c3C2(C(=O)OCc2ccccc2)C(=O)OCc2ccccc2)SC1=S. The van der Waals surface area contributed by atoms with E-state index >= 15 is 19.2 Å². The van der Waals surface area contributed by atoms with Crippen LogP contribution in [0.25, 0.3) is 31.0 Å². The fourth-order valence-corrected chi connectivity index (χ4v) is 16.8. The van der Waals surface area contributed by atoms with E-state index in [1.165, 1.54) is 32.5 Å². The van der Waals surface area contributed by atoms with Gasteiger partial charge in [0.1, 0.15) is 35.5 Å². The summed E-state index contributed by atoms with van der Waals surface area (Å²) < 4.78 is 26.5. The van der Waals surface area contributed by atoms with Crippen molar-refractivity contribution < 1.29 is 47.7 Å². The molecule has 21 heteroatoms. The van der Waals surface area contributed by atoms with Crippen molar-refractivity contribution in [3.63, 3.8) is 0 Å². The van der Waals surface area contributed by atoms with Crippen LogP contribution in [0.3, 0.4) is 0 Å². The van der Waals surface area contributed by atoms with Gasteiger partial charge in [-0.15, -0.1) is 46.6 Å².